The molecule has 6 heteroatoms. The van der Waals surface area contributed by atoms with Crippen LogP contribution in [-0.2, 0) is 5.41 Å². The molecule has 1 aliphatic rings. The number of hydrogen-bond donors (Lipinski definition) is 2. The van der Waals surface area contributed by atoms with Gasteiger partial charge in [-0.1, -0.05) is 120 Å². The standard InChI is InChI=1S/C43H38N2O4/c1-42(2,3)25-43(4,5)27-20-22-29(23-21-27)49-33-24-32(44-28-16-10-7-11-17-28)35-36-34(30-18-12-13-19-31(30)40(35)47)37(41(48)45-38(33)36)39(46)26-14-8-6-9-15-26/h6-24,44H,25H2,1-5H3,(H,45,48). The maximum absolute atomic E-state index is 14.4. The number of aromatic nitrogens is 1. The molecule has 0 saturated carbocycles. The zero-order chi connectivity index (χ0) is 34.5. The van der Waals surface area contributed by atoms with Crippen LogP contribution in [0.2, 0.25) is 0 Å². The SMILES string of the molecule is CC(C)(C)CC(C)(C)c1ccc(Oc2cc(Nc3ccccc3)c3c4c(c(C(=O)c5ccccc5)c(=O)[nH]c24)-c2ccccc2C3=O)cc1. The third-order valence-electron chi connectivity index (χ3n) is 9.08. The van der Waals surface area contributed by atoms with E-state index in [4.69, 9.17) is 4.74 Å². The first-order valence-electron chi connectivity index (χ1n) is 16.5. The number of carbonyl (C=O) groups excluding carboxylic acids is 2. The van der Waals surface area contributed by atoms with Gasteiger partial charge in [0.05, 0.1) is 22.3 Å². The zero-order valence-corrected chi connectivity index (χ0v) is 28.3. The van der Waals surface area contributed by atoms with Crippen LogP contribution >= 0.6 is 0 Å². The molecule has 0 spiro atoms. The van der Waals surface area contributed by atoms with E-state index in [1.807, 2.05) is 54.6 Å². The Labute approximate surface area is 285 Å². The van der Waals surface area contributed by atoms with Gasteiger partial charge in [0.15, 0.2) is 17.3 Å². The molecule has 2 N–H and O–H groups in total. The highest BCUT2D eigenvalue weighted by Crippen LogP contribution is 2.47. The molecule has 5 aromatic carbocycles. The molecular formula is C43H38N2O4. The number of pyridine rings is 1. The monoisotopic (exact) mass is 646 g/mol. The molecule has 6 nitrogen and oxygen atoms in total. The average molecular weight is 647 g/mol. The maximum atomic E-state index is 14.4. The van der Waals surface area contributed by atoms with Crippen LogP contribution in [0, 0.1) is 5.41 Å². The van der Waals surface area contributed by atoms with Gasteiger partial charge < -0.3 is 15.0 Å². The first kappa shape index (κ1) is 31.8. The molecule has 0 aliphatic heterocycles. The lowest BCUT2D eigenvalue weighted by Gasteiger charge is -2.33. The fourth-order valence-corrected chi connectivity index (χ4v) is 7.32. The molecule has 244 valence electrons. The minimum Gasteiger partial charge on any atom is -0.455 e. The summed E-state index contributed by atoms with van der Waals surface area (Å²) >= 11 is 0. The van der Waals surface area contributed by atoms with Crippen molar-refractivity contribution >= 4 is 33.8 Å². The first-order chi connectivity index (χ1) is 23.4. The van der Waals surface area contributed by atoms with E-state index in [0.717, 1.165) is 12.1 Å². The molecule has 0 fully saturated rings. The highest BCUT2D eigenvalue weighted by Gasteiger charge is 2.35. The molecule has 0 atom stereocenters. The number of ketones is 2. The molecule has 0 amide bonds. The van der Waals surface area contributed by atoms with E-state index in [2.05, 4.69) is 57.1 Å². The summed E-state index contributed by atoms with van der Waals surface area (Å²) in [6.45, 7) is 11.2. The molecule has 0 saturated heterocycles. The molecule has 6 aromatic rings. The Balaban J connectivity index is 1.47. The number of fused-ring (bicyclic) bond motifs is 2. The molecule has 0 bridgehead atoms. The van der Waals surface area contributed by atoms with Crippen molar-refractivity contribution in [3.63, 3.8) is 0 Å². The second kappa shape index (κ2) is 12.0. The summed E-state index contributed by atoms with van der Waals surface area (Å²) in [5.74, 6) is 0.286. The quantitative estimate of drug-likeness (QED) is 0.160. The van der Waals surface area contributed by atoms with Gasteiger partial charge in [-0.15, -0.1) is 0 Å². The largest absolute Gasteiger partial charge is 0.455 e. The van der Waals surface area contributed by atoms with Gasteiger partial charge in [-0.2, -0.15) is 0 Å². The highest BCUT2D eigenvalue weighted by atomic mass is 16.5. The number of rotatable bonds is 8. The predicted octanol–water partition coefficient (Wildman–Crippen LogP) is 10.2. The van der Waals surface area contributed by atoms with Crippen LogP contribution in [0.3, 0.4) is 0 Å². The average Bonchev–Trinajstić information content (AvgIpc) is 3.07. The van der Waals surface area contributed by atoms with E-state index < -0.39 is 11.3 Å². The van der Waals surface area contributed by atoms with E-state index in [0.29, 0.717) is 55.9 Å². The van der Waals surface area contributed by atoms with Crippen LogP contribution in [0.15, 0.2) is 120 Å². The Morgan fingerprint density at radius 2 is 1.35 bits per heavy atom. The number of aromatic amines is 1. The number of H-pyrrole nitrogens is 1. The van der Waals surface area contributed by atoms with E-state index in [-0.39, 0.29) is 22.2 Å². The number of benzene rings is 5. The Hall–Kier alpha value is -5.75. The van der Waals surface area contributed by atoms with Crippen molar-refractivity contribution < 1.29 is 14.3 Å². The van der Waals surface area contributed by atoms with E-state index >= 15 is 0 Å². The molecule has 0 radical (unpaired) electrons. The fourth-order valence-electron chi connectivity index (χ4n) is 7.32. The van der Waals surface area contributed by atoms with E-state index in [1.54, 1.807) is 48.5 Å². The second-order valence-corrected chi connectivity index (χ2v) is 14.6. The summed E-state index contributed by atoms with van der Waals surface area (Å²) in [7, 11) is 0. The molecule has 1 aliphatic carbocycles. The molecular weight excluding hydrogens is 608 g/mol. The van der Waals surface area contributed by atoms with Gasteiger partial charge in [0.1, 0.15) is 5.75 Å². The summed E-state index contributed by atoms with van der Waals surface area (Å²) in [6.07, 6.45) is 1.00. The first-order valence-corrected chi connectivity index (χ1v) is 16.5. The third-order valence-corrected chi connectivity index (χ3v) is 9.08. The number of nitrogens with one attached hydrogen (secondary N) is 2. The minimum absolute atomic E-state index is 0.0202. The summed E-state index contributed by atoms with van der Waals surface area (Å²) in [5, 5.41) is 3.89. The van der Waals surface area contributed by atoms with Crippen molar-refractivity contribution in [2.45, 2.75) is 46.5 Å². The van der Waals surface area contributed by atoms with Crippen LogP contribution in [0.25, 0.3) is 22.0 Å². The van der Waals surface area contributed by atoms with Crippen molar-refractivity contribution in [1.82, 2.24) is 4.98 Å². The van der Waals surface area contributed by atoms with Gasteiger partial charge in [0.25, 0.3) is 5.56 Å². The van der Waals surface area contributed by atoms with E-state index in [1.165, 1.54) is 5.56 Å². The number of ether oxygens (including phenoxy) is 1. The lowest BCUT2D eigenvalue weighted by molar-refractivity contribution is 0.102. The summed E-state index contributed by atoms with van der Waals surface area (Å²) in [6, 6.07) is 35.2. The van der Waals surface area contributed by atoms with Gasteiger partial charge in [0.2, 0.25) is 0 Å². The zero-order valence-electron chi connectivity index (χ0n) is 28.3. The van der Waals surface area contributed by atoms with Crippen LogP contribution in [-0.4, -0.2) is 16.6 Å². The Kier molecular flexibility index (Phi) is 7.83. The van der Waals surface area contributed by atoms with Crippen LogP contribution in [0.5, 0.6) is 11.5 Å². The second-order valence-electron chi connectivity index (χ2n) is 14.6. The Morgan fingerprint density at radius 1 is 0.735 bits per heavy atom. The number of hydrogen-bond acceptors (Lipinski definition) is 5. The van der Waals surface area contributed by atoms with Crippen LogP contribution < -0.4 is 15.6 Å². The predicted molar refractivity (Wildman–Crippen MR) is 197 cm³/mol. The van der Waals surface area contributed by atoms with Crippen molar-refractivity contribution in [3.05, 3.63) is 153 Å². The number of anilines is 2. The highest BCUT2D eigenvalue weighted by molar-refractivity contribution is 6.31. The summed E-state index contributed by atoms with van der Waals surface area (Å²) in [4.78, 5) is 45.5. The molecule has 49 heavy (non-hydrogen) atoms. The topological polar surface area (TPSA) is 88.3 Å². The summed E-state index contributed by atoms with van der Waals surface area (Å²) < 4.78 is 6.57. The van der Waals surface area contributed by atoms with Gasteiger partial charge in [-0.3, -0.25) is 14.4 Å². The number of para-hydroxylation sites is 1. The maximum Gasteiger partial charge on any atom is 0.260 e. The lowest BCUT2D eigenvalue weighted by Crippen LogP contribution is -2.24. The van der Waals surface area contributed by atoms with Crippen molar-refractivity contribution in [2.75, 3.05) is 5.32 Å². The van der Waals surface area contributed by atoms with Crippen molar-refractivity contribution in [2.24, 2.45) is 5.41 Å². The molecule has 1 heterocycles. The molecule has 7 rings (SSSR count). The smallest absolute Gasteiger partial charge is 0.260 e. The Morgan fingerprint density at radius 3 is 2.00 bits per heavy atom. The third kappa shape index (κ3) is 5.95. The molecule has 0 unspecified atom stereocenters. The fraction of sp³-hybridized carbons (Fsp3) is 0.186. The van der Waals surface area contributed by atoms with Crippen molar-refractivity contribution in [1.29, 1.82) is 0 Å². The van der Waals surface area contributed by atoms with Gasteiger partial charge >= 0.3 is 0 Å². The minimum atomic E-state index is -0.556. The number of carbonyl (C=O) groups is 2. The van der Waals surface area contributed by atoms with Gasteiger partial charge in [0, 0.05) is 33.8 Å². The van der Waals surface area contributed by atoms with Gasteiger partial charge in [-0.25, -0.2) is 0 Å². The van der Waals surface area contributed by atoms with Crippen LogP contribution in [0.4, 0.5) is 11.4 Å². The normalized spacial score (nSPS) is 12.5. The molecule has 1 aromatic heterocycles. The summed E-state index contributed by atoms with van der Waals surface area (Å²) in [5.41, 5.74) is 4.45. The van der Waals surface area contributed by atoms with Crippen LogP contribution in [0.1, 0.15) is 78.4 Å². The van der Waals surface area contributed by atoms with Gasteiger partial charge in [-0.05, 0) is 52.6 Å². The van der Waals surface area contributed by atoms with E-state index in [9.17, 15) is 14.4 Å². The Bertz CT molecular complexity index is 2300. The lowest BCUT2D eigenvalue weighted by atomic mass is 9.72. The van der Waals surface area contributed by atoms with Crippen molar-refractivity contribution in [3.8, 4) is 22.6 Å².